The number of hydrogen-bond donors (Lipinski definition) is 3. The molecule has 0 amide bonds. The second kappa shape index (κ2) is 4.68. The molecule has 68 valence electrons. The fourth-order valence-electron chi connectivity index (χ4n) is 0.878. The molecule has 0 radical (unpaired) electrons. The molecule has 0 unspecified atom stereocenters. The van der Waals surface area contributed by atoms with Gasteiger partial charge in [0.1, 0.15) is 5.75 Å². The van der Waals surface area contributed by atoms with Crippen molar-refractivity contribution in [2.75, 3.05) is 11.5 Å². The molecule has 0 aliphatic rings. The highest BCUT2D eigenvalue weighted by Crippen LogP contribution is 2.17. The number of anilines is 1. The Hall–Kier alpha value is -1.27. The summed E-state index contributed by atoms with van der Waals surface area (Å²) >= 11 is 4.04. The Morgan fingerprint density at radius 2 is 2.23 bits per heavy atom. The Morgan fingerprint density at radius 1 is 1.46 bits per heavy atom. The van der Waals surface area contributed by atoms with E-state index < -0.39 is 0 Å². The summed E-state index contributed by atoms with van der Waals surface area (Å²) in [5.41, 5.74) is 6.88. The zero-order valence-electron chi connectivity index (χ0n) is 7.12. The molecule has 0 heterocycles. The first kappa shape index (κ1) is 9.82. The van der Waals surface area contributed by atoms with Gasteiger partial charge in [-0.25, -0.2) is 0 Å². The van der Waals surface area contributed by atoms with E-state index in [1.165, 1.54) is 6.07 Å². The fraction of sp³-hybridized carbons (Fsp3) is 0.200. The maximum Gasteiger partial charge on any atom is 0.117 e. The van der Waals surface area contributed by atoms with E-state index in [2.05, 4.69) is 24.5 Å². The highest BCUT2D eigenvalue weighted by Gasteiger charge is 1.95. The summed E-state index contributed by atoms with van der Waals surface area (Å²) in [6.45, 7) is 0. The van der Waals surface area contributed by atoms with Crippen molar-refractivity contribution in [3.63, 3.8) is 0 Å². The van der Waals surface area contributed by atoms with Crippen LogP contribution in [0.5, 0.6) is 5.75 Å². The second-order valence-corrected chi connectivity index (χ2v) is 2.99. The van der Waals surface area contributed by atoms with Gasteiger partial charge in [0.05, 0.1) is 5.69 Å². The van der Waals surface area contributed by atoms with Gasteiger partial charge in [-0.2, -0.15) is 12.6 Å². The summed E-state index contributed by atoms with van der Waals surface area (Å²) in [6.07, 6.45) is 0.740. The zero-order chi connectivity index (χ0) is 9.68. The maximum absolute atomic E-state index is 9.07. The summed E-state index contributed by atoms with van der Waals surface area (Å²) in [4.78, 5) is 0. The molecule has 0 saturated carbocycles. The van der Waals surface area contributed by atoms with Crippen LogP contribution in [0.1, 0.15) is 12.0 Å². The Morgan fingerprint density at radius 3 is 2.85 bits per heavy atom. The number of nitrogen functional groups attached to an aromatic ring is 1. The monoisotopic (exact) mass is 193 g/mol. The number of rotatable bonds is 1. The summed E-state index contributed by atoms with van der Waals surface area (Å²) < 4.78 is 0. The van der Waals surface area contributed by atoms with Gasteiger partial charge in [-0.1, -0.05) is 11.8 Å². The number of phenolic OH excluding ortho intramolecular Hbond substituents is 1. The molecular weight excluding hydrogens is 182 g/mol. The van der Waals surface area contributed by atoms with Gasteiger partial charge >= 0.3 is 0 Å². The SMILES string of the molecule is Nc1cc(O)ccc1C#CCCS. The third kappa shape index (κ3) is 2.92. The molecular formula is C10H11NOS. The van der Waals surface area contributed by atoms with E-state index in [-0.39, 0.29) is 5.75 Å². The van der Waals surface area contributed by atoms with Crippen molar-refractivity contribution in [1.29, 1.82) is 0 Å². The quantitative estimate of drug-likeness (QED) is 0.361. The Kier molecular flexibility index (Phi) is 3.53. The van der Waals surface area contributed by atoms with E-state index in [0.717, 1.165) is 17.7 Å². The number of phenols is 1. The molecule has 13 heavy (non-hydrogen) atoms. The molecule has 0 aliphatic carbocycles. The number of aromatic hydroxyl groups is 1. The van der Waals surface area contributed by atoms with E-state index in [0.29, 0.717) is 5.69 Å². The predicted octanol–water partition coefficient (Wildman–Crippen LogP) is 1.65. The fourth-order valence-corrected chi connectivity index (χ4v) is 0.989. The summed E-state index contributed by atoms with van der Waals surface area (Å²) in [5, 5.41) is 9.07. The van der Waals surface area contributed by atoms with Crippen molar-refractivity contribution in [2.24, 2.45) is 0 Å². The van der Waals surface area contributed by atoms with Crippen molar-refractivity contribution in [3.05, 3.63) is 23.8 Å². The molecule has 3 N–H and O–H groups in total. The second-order valence-electron chi connectivity index (χ2n) is 2.55. The van der Waals surface area contributed by atoms with E-state index >= 15 is 0 Å². The van der Waals surface area contributed by atoms with Crippen LogP contribution >= 0.6 is 12.6 Å². The largest absolute Gasteiger partial charge is 0.508 e. The first-order valence-electron chi connectivity index (χ1n) is 3.92. The number of benzene rings is 1. The molecule has 1 rings (SSSR count). The van der Waals surface area contributed by atoms with Gasteiger partial charge < -0.3 is 10.8 Å². The molecule has 0 aliphatic heterocycles. The standard InChI is InChI=1S/C10H11NOS/c11-10-7-9(12)5-4-8(10)3-1-2-6-13/h4-5,7,12-13H,2,6,11H2. The lowest BCUT2D eigenvalue weighted by molar-refractivity contribution is 0.475. The van der Waals surface area contributed by atoms with E-state index in [1.54, 1.807) is 12.1 Å². The van der Waals surface area contributed by atoms with E-state index in [9.17, 15) is 0 Å². The van der Waals surface area contributed by atoms with Gasteiger partial charge in [-0.3, -0.25) is 0 Å². The predicted molar refractivity (Wildman–Crippen MR) is 57.9 cm³/mol. The lowest BCUT2D eigenvalue weighted by Crippen LogP contribution is -1.88. The molecule has 0 aromatic heterocycles. The number of nitrogens with two attached hydrogens (primary N) is 1. The van der Waals surface area contributed by atoms with Crippen LogP contribution in [0, 0.1) is 11.8 Å². The van der Waals surface area contributed by atoms with Crippen molar-refractivity contribution in [2.45, 2.75) is 6.42 Å². The summed E-state index contributed by atoms with van der Waals surface area (Å²) in [7, 11) is 0. The van der Waals surface area contributed by atoms with Crippen LogP contribution in [0.2, 0.25) is 0 Å². The molecule has 2 nitrogen and oxygen atoms in total. The van der Waals surface area contributed by atoms with Crippen LogP contribution in [0.15, 0.2) is 18.2 Å². The highest BCUT2D eigenvalue weighted by molar-refractivity contribution is 7.80. The van der Waals surface area contributed by atoms with Crippen molar-refractivity contribution >= 4 is 18.3 Å². The first-order valence-corrected chi connectivity index (χ1v) is 4.55. The van der Waals surface area contributed by atoms with Crippen LogP contribution in [0.25, 0.3) is 0 Å². The third-order valence-electron chi connectivity index (χ3n) is 1.50. The normalized spacial score (nSPS) is 9.00. The molecule has 0 fully saturated rings. The Balaban J connectivity index is 2.85. The van der Waals surface area contributed by atoms with Crippen LogP contribution in [0.4, 0.5) is 5.69 Å². The molecule has 0 saturated heterocycles. The first-order chi connectivity index (χ1) is 6.24. The number of thiol groups is 1. The minimum absolute atomic E-state index is 0.164. The lowest BCUT2D eigenvalue weighted by atomic mass is 10.2. The summed E-state index contributed by atoms with van der Waals surface area (Å²) in [6, 6.07) is 4.77. The van der Waals surface area contributed by atoms with Crippen molar-refractivity contribution in [1.82, 2.24) is 0 Å². The lowest BCUT2D eigenvalue weighted by Gasteiger charge is -1.97. The zero-order valence-corrected chi connectivity index (χ0v) is 8.01. The van der Waals surface area contributed by atoms with Crippen molar-refractivity contribution < 1.29 is 5.11 Å². The van der Waals surface area contributed by atoms with Gasteiger partial charge in [0.15, 0.2) is 0 Å². The van der Waals surface area contributed by atoms with Crippen molar-refractivity contribution in [3.8, 4) is 17.6 Å². The van der Waals surface area contributed by atoms with Gasteiger partial charge in [-0.05, 0) is 12.1 Å². The Bertz CT molecular complexity index is 352. The van der Waals surface area contributed by atoms with Crippen LogP contribution in [-0.2, 0) is 0 Å². The van der Waals surface area contributed by atoms with Gasteiger partial charge in [0.2, 0.25) is 0 Å². The van der Waals surface area contributed by atoms with E-state index in [1.807, 2.05) is 0 Å². The molecule has 3 heteroatoms. The average molecular weight is 193 g/mol. The smallest absolute Gasteiger partial charge is 0.117 e. The van der Waals surface area contributed by atoms with Gasteiger partial charge in [-0.15, -0.1) is 0 Å². The van der Waals surface area contributed by atoms with Crippen LogP contribution < -0.4 is 5.73 Å². The summed E-state index contributed by atoms with van der Waals surface area (Å²) in [5.74, 6) is 6.73. The van der Waals surface area contributed by atoms with Crippen LogP contribution in [-0.4, -0.2) is 10.9 Å². The molecule has 1 aromatic rings. The topological polar surface area (TPSA) is 46.2 Å². The van der Waals surface area contributed by atoms with Crippen LogP contribution in [0.3, 0.4) is 0 Å². The van der Waals surface area contributed by atoms with Gasteiger partial charge in [0.25, 0.3) is 0 Å². The molecule has 1 aromatic carbocycles. The maximum atomic E-state index is 9.07. The molecule has 0 bridgehead atoms. The Labute approximate surface area is 83.2 Å². The highest BCUT2D eigenvalue weighted by atomic mass is 32.1. The third-order valence-corrected chi connectivity index (χ3v) is 1.72. The minimum Gasteiger partial charge on any atom is -0.508 e. The van der Waals surface area contributed by atoms with Gasteiger partial charge in [0, 0.05) is 23.8 Å². The minimum atomic E-state index is 0.164. The molecule has 0 atom stereocenters. The van der Waals surface area contributed by atoms with E-state index in [4.69, 9.17) is 10.8 Å². The molecule has 0 spiro atoms. The average Bonchev–Trinajstić information content (AvgIpc) is 2.09. The number of hydrogen-bond acceptors (Lipinski definition) is 3.